The quantitative estimate of drug-likeness (QED) is 0.605. The number of non-ortho nitro benzene ring substituents is 1. The number of aliphatic carboxylic acids is 1. The lowest BCUT2D eigenvalue weighted by Gasteiger charge is -2.45. The average Bonchev–Trinajstić information content (AvgIpc) is 3.04. The van der Waals surface area contributed by atoms with Crippen LogP contribution in [0.2, 0.25) is 0 Å². The van der Waals surface area contributed by atoms with Crippen molar-refractivity contribution in [1.82, 2.24) is 4.90 Å². The van der Waals surface area contributed by atoms with Crippen LogP contribution in [0.5, 0.6) is 0 Å². The summed E-state index contributed by atoms with van der Waals surface area (Å²) in [4.78, 5) is 28.1. The van der Waals surface area contributed by atoms with E-state index in [2.05, 4.69) is 9.80 Å². The van der Waals surface area contributed by atoms with Gasteiger partial charge in [-0.3, -0.25) is 19.8 Å². The normalized spacial score (nSPS) is 23.3. The van der Waals surface area contributed by atoms with Crippen LogP contribution in [0.15, 0.2) is 23.1 Å². The van der Waals surface area contributed by atoms with Gasteiger partial charge in [0.15, 0.2) is 0 Å². The van der Waals surface area contributed by atoms with Crippen molar-refractivity contribution in [2.24, 2.45) is 5.41 Å². The fourth-order valence-corrected chi connectivity index (χ4v) is 5.52. The van der Waals surface area contributed by atoms with Crippen LogP contribution >= 0.6 is 11.8 Å². The molecular formula is C19H27N3O4S. The maximum atomic E-state index is 12.2. The molecule has 3 rings (SSSR count). The highest BCUT2D eigenvalue weighted by atomic mass is 32.2. The first-order chi connectivity index (χ1) is 12.7. The van der Waals surface area contributed by atoms with Gasteiger partial charge in [-0.15, -0.1) is 11.8 Å². The molecule has 1 aromatic carbocycles. The van der Waals surface area contributed by atoms with E-state index >= 15 is 0 Å². The van der Waals surface area contributed by atoms with E-state index in [4.69, 9.17) is 0 Å². The summed E-state index contributed by atoms with van der Waals surface area (Å²) in [6.45, 7) is 9.06. The van der Waals surface area contributed by atoms with E-state index in [0.29, 0.717) is 13.0 Å². The highest BCUT2D eigenvalue weighted by molar-refractivity contribution is 7.99. The lowest BCUT2D eigenvalue weighted by molar-refractivity contribution is -0.385. The number of likely N-dealkylation sites (tertiary alicyclic amines) is 1. The van der Waals surface area contributed by atoms with E-state index in [0.717, 1.165) is 42.4 Å². The molecule has 2 aliphatic rings. The van der Waals surface area contributed by atoms with Crippen LogP contribution in [0.1, 0.15) is 33.6 Å². The Labute approximate surface area is 163 Å². The van der Waals surface area contributed by atoms with Crippen molar-refractivity contribution in [1.29, 1.82) is 0 Å². The first kappa shape index (κ1) is 19.9. The number of nitro groups is 1. The van der Waals surface area contributed by atoms with E-state index in [1.807, 2.05) is 26.8 Å². The monoisotopic (exact) mass is 393 g/mol. The fourth-order valence-electron chi connectivity index (χ4n) is 4.44. The Morgan fingerprint density at radius 2 is 2.07 bits per heavy atom. The molecule has 27 heavy (non-hydrogen) atoms. The van der Waals surface area contributed by atoms with Crippen molar-refractivity contribution in [3.8, 4) is 0 Å². The van der Waals surface area contributed by atoms with Crippen molar-refractivity contribution in [2.75, 3.05) is 36.8 Å². The molecule has 0 aliphatic carbocycles. The van der Waals surface area contributed by atoms with Crippen LogP contribution in [0.4, 0.5) is 11.4 Å². The summed E-state index contributed by atoms with van der Waals surface area (Å²) in [6, 6.07) is 5.00. The second kappa shape index (κ2) is 7.31. The SMILES string of the molecule is CC(C)(C)[C@]1(C(=O)O)CCCN1CCN1CCSc2cc([N+](=O)[O-])ccc21. The number of hydrogen-bond donors (Lipinski definition) is 1. The topological polar surface area (TPSA) is 86.9 Å². The van der Waals surface area contributed by atoms with Crippen LogP contribution in [0.3, 0.4) is 0 Å². The predicted molar refractivity (Wildman–Crippen MR) is 107 cm³/mol. The minimum absolute atomic E-state index is 0.111. The Bertz CT molecular complexity index is 749. The number of anilines is 1. The molecule has 8 heteroatoms. The smallest absolute Gasteiger partial charge is 0.324 e. The second-order valence-electron chi connectivity index (χ2n) is 8.25. The Morgan fingerprint density at radius 1 is 1.33 bits per heavy atom. The van der Waals surface area contributed by atoms with Gasteiger partial charge in [-0.05, 0) is 30.9 Å². The lowest BCUT2D eigenvalue weighted by atomic mass is 9.71. The van der Waals surface area contributed by atoms with Gasteiger partial charge in [-0.1, -0.05) is 20.8 Å². The van der Waals surface area contributed by atoms with Gasteiger partial charge >= 0.3 is 5.97 Å². The first-order valence-electron chi connectivity index (χ1n) is 9.31. The Kier molecular flexibility index (Phi) is 5.40. The predicted octanol–water partition coefficient (Wildman–Crippen LogP) is 3.47. The zero-order chi connectivity index (χ0) is 19.8. The molecule has 1 fully saturated rings. The molecule has 0 aromatic heterocycles. The van der Waals surface area contributed by atoms with Crippen molar-refractivity contribution in [3.63, 3.8) is 0 Å². The van der Waals surface area contributed by atoms with E-state index in [1.165, 1.54) is 0 Å². The molecule has 1 saturated heterocycles. The second-order valence-corrected chi connectivity index (χ2v) is 9.39. The van der Waals surface area contributed by atoms with Gasteiger partial charge in [0.05, 0.1) is 10.6 Å². The minimum atomic E-state index is -0.837. The summed E-state index contributed by atoms with van der Waals surface area (Å²) in [5, 5.41) is 21.0. The molecule has 2 heterocycles. The molecule has 0 unspecified atom stereocenters. The van der Waals surface area contributed by atoms with E-state index < -0.39 is 11.5 Å². The van der Waals surface area contributed by atoms with Crippen LogP contribution in [-0.4, -0.2) is 58.4 Å². The standard InChI is InChI=1S/C19H27N3O4S/c1-18(2,3)19(17(23)24)7-4-8-21(19)10-9-20-11-12-27-16-13-14(22(25)26)5-6-15(16)20/h5-6,13H,4,7-12H2,1-3H3,(H,23,24)/t19-/m1/s1. The largest absolute Gasteiger partial charge is 0.480 e. The van der Waals surface area contributed by atoms with Crippen LogP contribution in [0.25, 0.3) is 0 Å². The van der Waals surface area contributed by atoms with Gasteiger partial charge in [-0.25, -0.2) is 0 Å². The van der Waals surface area contributed by atoms with Crippen molar-refractivity contribution >= 4 is 29.1 Å². The Balaban J connectivity index is 1.78. The van der Waals surface area contributed by atoms with Gasteiger partial charge in [0.1, 0.15) is 5.54 Å². The molecule has 0 radical (unpaired) electrons. The highest BCUT2D eigenvalue weighted by Crippen LogP contribution is 2.44. The van der Waals surface area contributed by atoms with E-state index in [1.54, 1.807) is 23.9 Å². The van der Waals surface area contributed by atoms with E-state index in [9.17, 15) is 20.0 Å². The molecule has 0 bridgehead atoms. The van der Waals surface area contributed by atoms with Crippen molar-refractivity contribution in [2.45, 2.75) is 44.0 Å². The molecule has 2 aliphatic heterocycles. The van der Waals surface area contributed by atoms with Gasteiger partial charge in [0.2, 0.25) is 0 Å². The maximum Gasteiger partial charge on any atom is 0.324 e. The van der Waals surface area contributed by atoms with Crippen LogP contribution < -0.4 is 4.90 Å². The number of nitro benzene ring substituents is 1. The number of fused-ring (bicyclic) bond motifs is 1. The Morgan fingerprint density at radius 3 is 2.70 bits per heavy atom. The number of carboxylic acids is 1. The first-order valence-corrected chi connectivity index (χ1v) is 10.3. The summed E-state index contributed by atoms with van der Waals surface area (Å²) in [7, 11) is 0. The van der Waals surface area contributed by atoms with Crippen LogP contribution in [0, 0.1) is 15.5 Å². The maximum absolute atomic E-state index is 12.2. The number of nitrogens with zero attached hydrogens (tertiary/aromatic N) is 3. The van der Waals surface area contributed by atoms with Gasteiger partial charge < -0.3 is 10.0 Å². The van der Waals surface area contributed by atoms with Crippen LogP contribution in [-0.2, 0) is 4.79 Å². The summed E-state index contributed by atoms with van der Waals surface area (Å²) in [5.41, 5.74) is -0.0745. The van der Waals surface area contributed by atoms with Gasteiger partial charge in [-0.2, -0.15) is 0 Å². The zero-order valence-corrected chi connectivity index (χ0v) is 16.9. The molecule has 7 nitrogen and oxygen atoms in total. The molecule has 0 saturated carbocycles. The number of hydrogen-bond acceptors (Lipinski definition) is 6. The average molecular weight is 394 g/mol. The van der Waals surface area contributed by atoms with Crippen molar-refractivity contribution in [3.05, 3.63) is 28.3 Å². The number of benzene rings is 1. The molecule has 0 amide bonds. The lowest BCUT2D eigenvalue weighted by Crippen LogP contribution is -2.60. The Hall–Kier alpha value is -1.80. The van der Waals surface area contributed by atoms with Gasteiger partial charge in [0, 0.05) is 42.4 Å². The van der Waals surface area contributed by atoms with E-state index in [-0.39, 0.29) is 16.0 Å². The molecular weight excluding hydrogens is 366 g/mol. The third kappa shape index (κ3) is 3.52. The molecule has 0 spiro atoms. The zero-order valence-electron chi connectivity index (χ0n) is 16.1. The number of carbonyl (C=O) groups is 1. The highest BCUT2D eigenvalue weighted by Gasteiger charge is 2.55. The van der Waals surface area contributed by atoms with Gasteiger partial charge in [0.25, 0.3) is 5.69 Å². The summed E-state index contributed by atoms with van der Waals surface area (Å²) < 4.78 is 0. The third-order valence-electron chi connectivity index (χ3n) is 5.85. The number of thioether (sulfide) groups is 1. The molecule has 148 valence electrons. The summed E-state index contributed by atoms with van der Waals surface area (Å²) >= 11 is 1.64. The summed E-state index contributed by atoms with van der Waals surface area (Å²) in [6.07, 6.45) is 1.56. The molecule has 1 aromatic rings. The number of rotatable bonds is 5. The minimum Gasteiger partial charge on any atom is -0.480 e. The molecule has 1 atom stereocenters. The summed E-state index contributed by atoms with van der Waals surface area (Å²) in [5.74, 6) is 0.134. The third-order valence-corrected chi connectivity index (χ3v) is 6.88. The molecule has 1 N–H and O–H groups in total. The van der Waals surface area contributed by atoms with Crippen molar-refractivity contribution < 1.29 is 14.8 Å². The fraction of sp³-hybridized carbons (Fsp3) is 0.632. The number of carboxylic acid groups (broad SMARTS) is 1.